The second-order valence-corrected chi connectivity index (χ2v) is 5.78. The van der Waals surface area contributed by atoms with Gasteiger partial charge in [0.15, 0.2) is 0 Å². The summed E-state index contributed by atoms with van der Waals surface area (Å²) in [6.07, 6.45) is 1.91. The molecule has 2 rings (SSSR count). The summed E-state index contributed by atoms with van der Waals surface area (Å²) < 4.78 is 0. The molecular formula is C17H25N3O. The van der Waals surface area contributed by atoms with Crippen LogP contribution in [0.25, 0.3) is 0 Å². The molecule has 4 heteroatoms. The van der Waals surface area contributed by atoms with Crippen molar-refractivity contribution in [2.45, 2.75) is 20.8 Å². The summed E-state index contributed by atoms with van der Waals surface area (Å²) in [4.78, 5) is 16.6. The number of amides is 2. The number of benzene rings is 1. The molecule has 0 spiro atoms. The van der Waals surface area contributed by atoms with E-state index in [1.807, 2.05) is 24.8 Å². The van der Waals surface area contributed by atoms with Crippen LogP contribution in [-0.2, 0) is 0 Å². The molecule has 1 aromatic rings. The van der Waals surface area contributed by atoms with Gasteiger partial charge < -0.3 is 10.2 Å². The molecule has 4 nitrogen and oxygen atoms in total. The van der Waals surface area contributed by atoms with Crippen LogP contribution < -0.4 is 5.32 Å². The zero-order valence-corrected chi connectivity index (χ0v) is 13.3. The summed E-state index contributed by atoms with van der Waals surface area (Å²) in [7, 11) is 0. The van der Waals surface area contributed by atoms with Crippen LogP contribution in [0.2, 0.25) is 0 Å². The Morgan fingerprint density at radius 2 is 1.76 bits per heavy atom. The number of hydrogen-bond donors (Lipinski definition) is 1. The fourth-order valence-corrected chi connectivity index (χ4v) is 2.88. The third-order valence-corrected chi connectivity index (χ3v) is 3.96. The maximum atomic E-state index is 12.4. The largest absolute Gasteiger partial charge is 0.322 e. The SMILES string of the molecule is C=CCN1CCN(C(=O)Nc2c(C)cc(C)cc2C)CC1. The van der Waals surface area contributed by atoms with E-state index in [0.717, 1.165) is 49.5 Å². The molecule has 1 fully saturated rings. The number of aryl methyl sites for hydroxylation is 3. The minimum absolute atomic E-state index is 0.00306. The molecule has 0 saturated carbocycles. The van der Waals surface area contributed by atoms with Crippen LogP contribution in [0.5, 0.6) is 0 Å². The third-order valence-electron chi connectivity index (χ3n) is 3.96. The fourth-order valence-electron chi connectivity index (χ4n) is 2.88. The molecular weight excluding hydrogens is 262 g/mol. The van der Waals surface area contributed by atoms with Gasteiger partial charge in [-0.15, -0.1) is 6.58 Å². The van der Waals surface area contributed by atoms with Gasteiger partial charge in [0.25, 0.3) is 0 Å². The predicted molar refractivity (Wildman–Crippen MR) is 87.9 cm³/mol. The highest BCUT2D eigenvalue weighted by Gasteiger charge is 2.21. The zero-order chi connectivity index (χ0) is 15.4. The summed E-state index contributed by atoms with van der Waals surface area (Å²) in [6, 6.07) is 4.21. The van der Waals surface area contributed by atoms with Crippen molar-refractivity contribution in [2.24, 2.45) is 0 Å². The first-order valence-corrected chi connectivity index (χ1v) is 7.48. The average Bonchev–Trinajstić information content (AvgIpc) is 2.43. The monoisotopic (exact) mass is 287 g/mol. The Labute approximate surface area is 127 Å². The van der Waals surface area contributed by atoms with Crippen molar-refractivity contribution < 1.29 is 4.79 Å². The Hall–Kier alpha value is -1.81. The molecule has 0 atom stereocenters. The molecule has 0 bridgehead atoms. The molecule has 0 aromatic heterocycles. The van der Waals surface area contributed by atoms with Crippen molar-refractivity contribution in [1.82, 2.24) is 9.80 Å². The van der Waals surface area contributed by atoms with Crippen LogP contribution in [0, 0.1) is 20.8 Å². The maximum Gasteiger partial charge on any atom is 0.321 e. The summed E-state index contributed by atoms with van der Waals surface area (Å²) in [5.74, 6) is 0. The van der Waals surface area contributed by atoms with Crippen molar-refractivity contribution in [3.63, 3.8) is 0 Å². The van der Waals surface area contributed by atoms with Crippen LogP contribution in [0.3, 0.4) is 0 Å². The Morgan fingerprint density at radius 1 is 1.19 bits per heavy atom. The van der Waals surface area contributed by atoms with Crippen molar-refractivity contribution >= 4 is 11.7 Å². The van der Waals surface area contributed by atoms with Crippen LogP contribution in [0.1, 0.15) is 16.7 Å². The van der Waals surface area contributed by atoms with E-state index >= 15 is 0 Å². The number of nitrogens with one attached hydrogen (secondary N) is 1. The lowest BCUT2D eigenvalue weighted by Crippen LogP contribution is -2.50. The van der Waals surface area contributed by atoms with E-state index in [9.17, 15) is 4.79 Å². The van der Waals surface area contributed by atoms with Gasteiger partial charge in [-0.1, -0.05) is 23.8 Å². The lowest BCUT2D eigenvalue weighted by molar-refractivity contribution is 0.156. The van der Waals surface area contributed by atoms with Crippen LogP contribution in [0.15, 0.2) is 24.8 Å². The second-order valence-electron chi connectivity index (χ2n) is 5.78. The van der Waals surface area contributed by atoms with Crippen LogP contribution in [-0.4, -0.2) is 48.6 Å². The normalized spacial score (nSPS) is 15.9. The number of nitrogens with zero attached hydrogens (tertiary/aromatic N) is 2. The van der Waals surface area contributed by atoms with Crippen molar-refractivity contribution in [1.29, 1.82) is 0 Å². The molecule has 1 aliphatic heterocycles. The molecule has 1 aromatic carbocycles. The number of hydrogen-bond acceptors (Lipinski definition) is 2. The van der Waals surface area contributed by atoms with Crippen LogP contribution >= 0.6 is 0 Å². The minimum Gasteiger partial charge on any atom is -0.322 e. The number of carbonyl (C=O) groups excluding carboxylic acids is 1. The van der Waals surface area contributed by atoms with Gasteiger partial charge in [-0.3, -0.25) is 4.90 Å². The van der Waals surface area contributed by atoms with Gasteiger partial charge in [0.2, 0.25) is 0 Å². The van der Waals surface area contributed by atoms with Crippen molar-refractivity contribution in [2.75, 3.05) is 38.0 Å². The van der Waals surface area contributed by atoms with Crippen molar-refractivity contribution in [3.05, 3.63) is 41.5 Å². The number of rotatable bonds is 3. The standard InChI is InChI=1S/C17H25N3O/c1-5-6-19-7-9-20(10-8-19)17(21)18-16-14(3)11-13(2)12-15(16)4/h5,11-12H,1,6-10H2,2-4H3,(H,18,21). The van der Waals surface area contributed by atoms with E-state index in [0.29, 0.717) is 0 Å². The molecule has 1 aliphatic rings. The Kier molecular flexibility index (Phi) is 5.02. The molecule has 21 heavy (non-hydrogen) atoms. The molecule has 114 valence electrons. The zero-order valence-electron chi connectivity index (χ0n) is 13.3. The quantitative estimate of drug-likeness (QED) is 0.868. The summed E-state index contributed by atoms with van der Waals surface area (Å²) in [5, 5.41) is 3.07. The second kappa shape index (κ2) is 6.76. The van der Waals surface area contributed by atoms with Gasteiger partial charge in [-0.05, 0) is 31.9 Å². The van der Waals surface area contributed by atoms with E-state index in [4.69, 9.17) is 0 Å². The van der Waals surface area contributed by atoms with E-state index < -0.39 is 0 Å². The molecule has 2 amide bonds. The lowest BCUT2D eigenvalue weighted by atomic mass is 10.1. The smallest absolute Gasteiger partial charge is 0.321 e. The van der Waals surface area contributed by atoms with Gasteiger partial charge in [0.1, 0.15) is 0 Å². The topological polar surface area (TPSA) is 35.6 Å². The summed E-state index contributed by atoms with van der Waals surface area (Å²) in [5.41, 5.74) is 4.40. The van der Waals surface area contributed by atoms with Gasteiger partial charge in [0.05, 0.1) is 0 Å². The molecule has 1 saturated heterocycles. The Balaban J connectivity index is 1.98. The third kappa shape index (κ3) is 3.85. The minimum atomic E-state index is 0.00306. The summed E-state index contributed by atoms with van der Waals surface area (Å²) >= 11 is 0. The maximum absolute atomic E-state index is 12.4. The van der Waals surface area contributed by atoms with Crippen molar-refractivity contribution in [3.8, 4) is 0 Å². The summed E-state index contributed by atoms with van der Waals surface area (Å²) in [6.45, 7) is 14.2. The van der Waals surface area contributed by atoms with E-state index in [2.05, 4.69) is 35.9 Å². The van der Waals surface area contributed by atoms with Gasteiger partial charge >= 0.3 is 6.03 Å². The highest BCUT2D eigenvalue weighted by Crippen LogP contribution is 2.22. The van der Waals surface area contributed by atoms with Gasteiger partial charge in [-0.2, -0.15) is 0 Å². The van der Waals surface area contributed by atoms with E-state index in [1.165, 1.54) is 5.56 Å². The highest BCUT2D eigenvalue weighted by molar-refractivity contribution is 5.91. The van der Waals surface area contributed by atoms with E-state index in [-0.39, 0.29) is 6.03 Å². The molecule has 1 heterocycles. The molecule has 1 N–H and O–H groups in total. The number of piperazine rings is 1. The Bertz CT molecular complexity index is 508. The Morgan fingerprint density at radius 3 is 2.29 bits per heavy atom. The number of carbonyl (C=O) groups is 1. The molecule has 0 aliphatic carbocycles. The first-order chi connectivity index (χ1) is 10.0. The fraction of sp³-hybridized carbons (Fsp3) is 0.471. The highest BCUT2D eigenvalue weighted by atomic mass is 16.2. The van der Waals surface area contributed by atoms with Gasteiger partial charge in [-0.25, -0.2) is 4.79 Å². The van der Waals surface area contributed by atoms with Crippen LogP contribution in [0.4, 0.5) is 10.5 Å². The first-order valence-electron chi connectivity index (χ1n) is 7.48. The number of anilines is 1. The average molecular weight is 287 g/mol. The predicted octanol–water partition coefficient (Wildman–Crippen LogP) is 2.95. The lowest BCUT2D eigenvalue weighted by Gasteiger charge is -2.34. The molecule has 0 radical (unpaired) electrons. The van der Waals surface area contributed by atoms with E-state index in [1.54, 1.807) is 0 Å². The van der Waals surface area contributed by atoms with Gasteiger partial charge in [0, 0.05) is 38.4 Å². The number of urea groups is 1. The molecule has 0 unspecified atom stereocenters. The first kappa shape index (κ1) is 15.6.